The highest BCUT2D eigenvalue weighted by molar-refractivity contribution is 7.15. The van der Waals surface area contributed by atoms with Gasteiger partial charge in [0.1, 0.15) is 17.4 Å². The molecule has 2 aromatic carbocycles. The van der Waals surface area contributed by atoms with E-state index in [2.05, 4.69) is 6.92 Å². The van der Waals surface area contributed by atoms with E-state index in [0.29, 0.717) is 28.0 Å². The Labute approximate surface area is 165 Å². The smallest absolute Gasteiger partial charge is 0.248 e. The van der Waals surface area contributed by atoms with E-state index in [1.165, 1.54) is 0 Å². The van der Waals surface area contributed by atoms with Gasteiger partial charge in [0.05, 0.1) is 10.6 Å². The Hall–Kier alpha value is -2.08. The standard InChI is InChI=1S/C19H16Cl2N2O2S/c1-2-16-17(10-25-15-5-3-11(4-6-15)18(22)24)26-19(23-16)12-7-13(20)9-14(21)8-12/h3-9H,2,10H2,1H3,(H2,22,24). The van der Waals surface area contributed by atoms with Crippen LogP contribution in [0.25, 0.3) is 10.6 Å². The Kier molecular flexibility index (Phi) is 5.81. The van der Waals surface area contributed by atoms with E-state index >= 15 is 0 Å². The van der Waals surface area contributed by atoms with Crippen LogP contribution >= 0.6 is 34.5 Å². The fraction of sp³-hybridized carbons (Fsp3) is 0.158. The third-order valence-electron chi connectivity index (χ3n) is 3.73. The molecule has 3 aromatic rings. The maximum atomic E-state index is 11.1. The molecule has 1 aromatic heterocycles. The SMILES string of the molecule is CCc1nc(-c2cc(Cl)cc(Cl)c2)sc1COc1ccc(C(N)=O)cc1. The summed E-state index contributed by atoms with van der Waals surface area (Å²) in [4.78, 5) is 16.8. The summed E-state index contributed by atoms with van der Waals surface area (Å²) in [5.41, 5.74) is 7.56. The first kappa shape index (κ1) is 18.7. The number of hydrogen-bond donors (Lipinski definition) is 1. The van der Waals surface area contributed by atoms with Crippen molar-refractivity contribution >= 4 is 40.4 Å². The zero-order valence-corrected chi connectivity index (χ0v) is 16.3. The number of ether oxygens (including phenoxy) is 1. The van der Waals surface area contributed by atoms with Gasteiger partial charge in [-0.3, -0.25) is 4.79 Å². The molecule has 3 rings (SSSR count). The van der Waals surface area contributed by atoms with Crippen LogP contribution in [0, 0.1) is 0 Å². The summed E-state index contributed by atoms with van der Waals surface area (Å²) >= 11 is 13.7. The number of benzene rings is 2. The van der Waals surface area contributed by atoms with Gasteiger partial charge in [-0.1, -0.05) is 30.1 Å². The average molecular weight is 407 g/mol. The Morgan fingerprint density at radius 1 is 1.15 bits per heavy atom. The normalized spacial score (nSPS) is 10.7. The lowest BCUT2D eigenvalue weighted by Gasteiger charge is -2.06. The van der Waals surface area contributed by atoms with E-state index in [1.807, 2.05) is 12.1 Å². The number of aromatic nitrogens is 1. The molecular weight excluding hydrogens is 391 g/mol. The minimum Gasteiger partial charge on any atom is -0.488 e. The van der Waals surface area contributed by atoms with Gasteiger partial charge < -0.3 is 10.5 Å². The summed E-state index contributed by atoms with van der Waals surface area (Å²) in [5, 5.41) is 2.01. The maximum absolute atomic E-state index is 11.1. The monoisotopic (exact) mass is 406 g/mol. The van der Waals surface area contributed by atoms with Crippen molar-refractivity contribution in [2.75, 3.05) is 0 Å². The largest absolute Gasteiger partial charge is 0.488 e. The molecule has 4 nitrogen and oxygen atoms in total. The topological polar surface area (TPSA) is 65.2 Å². The molecule has 1 heterocycles. The molecule has 0 radical (unpaired) electrons. The molecule has 0 bridgehead atoms. The van der Waals surface area contributed by atoms with E-state index < -0.39 is 5.91 Å². The number of rotatable bonds is 6. The predicted octanol–water partition coefficient (Wildman–Crippen LogP) is 5.36. The number of carbonyl (C=O) groups is 1. The highest BCUT2D eigenvalue weighted by Gasteiger charge is 2.13. The molecule has 0 aliphatic rings. The zero-order valence-electron chi connectivity index (χ0n) is 14.0. The first-order valence-electron chi connectivity index (χ1n) is 7.94. The Balaban J connectivity index is 1.79. The Bertz CT molecular complexity index is 919. The van der Waals surface area contributed by atoms with E-state index in [1.54, 1.807) is 41.7 Å². The van der Waals surface area contributed by atoms with E-state index in [-0.39, 0.29) is 0 Å². The molecule has 0 aliphatic heterocycles. The van der Waals surface area contributed by atoms with Crippen molar-refractivity contribution in [1.29, 1.82) is 0 Å². The number of thiazole rings is 1. The van der Waals surface area contributed by atoms with Gasteiger partial charge in [-0.05, 0) is 48.9 Å². The molecule has 0 atom stereocenters. The number of amides is 1. The van der Waals surface area contributed by atoms with E-state index in [9.17, 15) is 4.79 Å². The number of nitrogens with zero attached hydrogens (tertiary/aromatic N) is 1. The summed E-state index contributed by atoms with van der Waals surface area (Å²) in [6, 6.07) is 12.1. The van der Waals surface area contributed by atoms with Gasteiger partial charge in [0.2, 0.25) is 5.91 Å². The van der Waals surface area contributed by atoms with Crippen molar-refractivity contribution in [1.82, 2.24) is 4.98 Å². The lowest BCUT2D eigenvalue weighted by atomic mass is 10.2. The Morgan fingerprint density at radius 2 is 1.81 bits per heavy atom. The molecule has 0 fully saturated rings. The van der Waals surface area contributed by atoms with Crippen molar-refractivity contribution in [2.45, 2.75) is 20.0 Å². The molecule has 0 aliphatic carbocycles. The van der Waals surface area contributed by atoms with Gasteiger partial charge in [0.15, 0.2) is 0 Å². The molecule has 2 N–H and O–H groups in total. The molecule has 0 saturated heterocycles. The van der Waals surface area contributed by atoms with Crippen molar-refractivity contribution in [3.05, 3.63) is 68.6 Å². The molecule has 0 unspecified atom stereocenters. The van der Waals surface area contributed by atoms with E-state index in [4.69, 9.17) is 38.7 Å². The number of hydrogen-bond acceptors (Lipinski definition) is 4. The van der Waals surface area contributed by atoms with Gasteiger partial charge in [-0.15, -0.1) is 11.3 Å². The average Bonchev–Trinajstić information content (AvgIpc) is 3.03. The first-order valence-corrected chi connectivity index (χ1v) is 9.51. The van der Waals surface area contributed by atoms with Gasteiger partial charge in [-0.25, -0.2) is 4.98 Å². The number of aryl methyl sites for hydroxylation is 1. The van der Waals surface area contributed by atoms with Crippen molar-refractivity contribution in [3.8, 4) is 16.3 Å². The van der Waals surface area contributed by atoms with Gasteiger partial charge >= 0.3 is 0 Å². The quantitative estimate of drug-likeness (QED) is 0.599. The highest BCUT2D eigenvalue weighted by Crippen LogP contribution is 2.33. The highest BCUT2D eigenvalue weighted by atomic mass is 35.5. The van der Waals surface area contributed by atoms with Crippen LogP contribution in [0.2, 0.25) is 10.0 Å². The van der Waals surface area contributed by atoms with Gasteiger partial charge in [0, 0.05) is 21.2 Å². The predicted molar refractivity (Wildman–Crippen MR) is 106 cm³/mol. The number of carbonyl (C=O) groups excluding carboxylic acids is 1. The number of halogens is 2. The molecule has 7 heteroatoms. The minimum atomic E-state index is -0.461. The van der Waals surface area contributed by atoms with Crippen LogP contribution < -0.4 is 10.5 Å². The third-order valence-corrected chi connectivity index (χ3v) is 5.29. The van der Waals surface area contributed by atoms with Crippen LogP contribution in [0.5, 0.6) is 5.75 Å². The second-order valence-electron chi connectivity index (χ2n) is 5.58. The molecule has 0 saturated carbocycles. The van der Waals surface area contributed by atoms with Crippen LogP contribution in [0.1, 0.15) is 27.9 Å². The van der Waals surface area contributed by atoms with Crippen molar-refractivity contribution < 1.29 is 9.53 Å². The summed E-state index contributed by atoms with van der Waals surface area (Å²) in [7, 11) is 0. The van der Waals surface area contributed by atoms with Crippen LogP contribution in [0.15, 0.2) is 42.5 Å². The second kappa shape index (κ2) is 8.08. The number of nitrogens with two attached hydrogens (primary N) is 1. The van der Waals surface area contributed by atoms with Gasteiger partial charge in [-0.2, -0.15) is 0 Å². The summed E-state index contributed by atoms with van der Waals surface area (Å²) < 4.78 is 5.83. The molecule has 0 spiro atoms. The fourth-order valence-electron chi connectivity index (χ4n) is 2.44. The van der Waals surface area contributed by atoms with Crippen LogP contribution in [-0.4, -0.2) is 10.9 Å². The van der Waals surface area contributed by atoms with E-state index in [0.717, 1.165) is 27.6 Å². The summed E-state index contributed by atoms with van der Waals surface area (Å²) in [5.74, 6) is 0.204. The molecule has 1 amide bonds. The minimum absolute atomic E-state index is 0.394. The second-order valence-corrected chi connectivity index (χ2v) is 7.53. The molecular formula is C19H16Cl2N2O2S. The van der Waals surface area contributed by atoms with Crippen LogP contribution in [0.4, 0.5) is 0 Å². The third kappa shape index (κ3) is 4.36. The maximum Gasteiger partial charge on any atom is 0.248 e. The number of primary amides is 1. The van der Waals surface area contributed by atoms with Crippen molar-refractivity contribution in [3.63, 3.8) is 0 Å². The molecule has 134 valence electrons. The zero-order chi connectivity index (χ0) is 18.7. The lowest BCUT2D eigenvalue weighted by Crippen LogP contribution is -2.10. The summed E-state index contributed by atoms with van der Waals surface area (Å²) in [6.45, 7) is 2.44. The van der Waals surface area contributed by atoms with Gasteiger partial charge in [0.25, 0.3) is 0 Å². The first-order chi connectivity index (χ1) is 12.5. The van der Waals surface area contributed by atoms with Crippen molar-refractivity contribution in [2.24, 2.45) is 5.73 Å². The van der Waals surface area contributed by atoms with Crippen LogP contribution in [-0.2, 0) is 13.0 Å². The summed E-state index contributed by atoms with van der Waals surface area (Å²) in [6.07, 6.45) is 0.796. The fourth-order valence-corrected chi connectivity index (χ4v) is 4.01. The lowest BCUT2D eigenvalue weighted by molar-refractivity contribution is 0.100. The van der Waals surface area contributed by atoms with Crippen LogP contribution in [0.3, 0.4) is 0 Å². The molecule has 26 heavy (non-hydrogen) atoms. The Morgan fingerprint density at radius 3 is 2.38 bits per heavy atom.